The van der Waals surface area contributed by atoms with E-state index in [2.05, 4.69) is 15.2 Å². The molecule has 0 amide bonds. The van der Waals surface area contributed by atoms with Crippen LogP contribution < -0.4 is 5.73 Å². The highest BCUT2D eigenvalue weighted by Gasteiger charge is 2.03. The van der Waals surface area contributed by atoms with Gasteiger partial charge >= 0.3 is 0 Å². The van der Waals surface area contributed by atoms with Crippen LogP contribution in [0.15, 0.2) is 6.20 Å². The molecule has 0 aliphatic heterocycles. The number of nitrogens with one attached hydrogen (secondary N) is 1. The Morgan fingerprint density at radius 2 is 2.43 bits per heavy atom. The highest BCUT2D eigenvalue weighted by molar-refractivity contribution is 5.76. The molecule has 0 spiro atoms. The summed E-state index contributed by atoms with van der Waals surface area (Å²) in [5.41, 5.74) is 6.19. The molecular formula is C8H16N6. The van der Waals surface area contributed by atoms with E-state index < -0.39 is 0 Å². The summed E-state index contributed by atoms with van der Waals surface area (Å²) in [4.78, 5) is 2.06. The second-order valence-corrected chi connectivity index (χ2v) is 3.40. The maximum atomic E-state index is 7.09. The summed E-state index contributed by atoms with van der Waals surface area (Å²) in [7, 11) is 3.81. The molecule has 0 aliphatic rings. The topological polar surface area (TPSA) is 83.8 Å². The molecule has 0 atom stereocenters. The average molecular weight is 196 g/mol. The van der Waals surface area contributed by atoms with Gasteiger partial charge in [0.15, 0.2) is 0 Å². The molecule has 1 rings (SSSR count). The molecule has 3 N–H and O–H groups in total. The van der Waals surface area contributed by atoms with Gasteiger partial charge in [-0.1, -0.05) is 5.21 Å². The molecule has 0 saturated heterocycles. The minimum atomic E-state index is 0.219. The maximum Gasteiger partial charge on any atom is 0.0966 e. The van der Waals surface area contributed by atoms with Gasteiger partial charge in [0, 0.05) is 32.8 Å². The number of nitrogens with two attached hydrogens (primary N) is 1. The standard InChI is InChI=1S/C8H16N6/c1-13(4-3-8(9)10)5-7-6-14(2)12-11-7/h6H,3-5H2,1-2H3,(H3,9,10). The van der Waals surface area contributed by atoms with Crippen LogP contribution in [-0.4, -0.2) is 39.3 Å². The fourth-order valence-electron chi connectivity index (χ4n) is 1.13. The summed E-state index contributed by atoms with van der Waals surface area (Å²) < 4.78 is 1.67. The third kappa shape index (κ3) is 3.53. The van der Waals surface area contributed by atoms with E-state index in [1.165, 1.54) is 0 Å². The summed E-state index contributed by atoms with van der Waals surface area (Å²) in [6.45, 7) is 1.51. The molecule has 0 aliphatic carbocycles. The van der Waals surface area contributed by atoms with E-state index in [0.717, 1.165) is 18.8 Å². The molecule has 0 fully saturated rings. The number of hydrogen-bond donors (Lipinski definition) is 2. The van der Waals surface area contributed by atoms with Crippen molar-refractivity contribution in [2.45, 2.75) is 13.0 Å². The largest absolute Gasteiger partial charge is 0.388 e. The first kappa shape index (κ1) is 10.6. The maximum absolute atomic E-state index is 7.09. The van der Waals surface area contributed by atoms with E-state index in [9.17, 15) is 0 Å². The average Bonchev–Trinajstić information content (AvgIpc) is 2.48. The zero-order chi connectivity index (χ0) is 10.6. The third-order valence-electron chi connectivity index (χ3n) is 1.84. The summed E-state index contributed by atoms with van der Waals surface area (Å²) >= 11 is 0. The van der Waals surface area contributed by atoms with Gasteiger partial charge in [0.05, 0.1) is 11.5 Å². The first-order valence-corrected chi connectivity index (χ1v) is 4.44. The quantitative estimate of drug-likeness (QED) is 0.494. The fraction of sp³-hybridized carbons (Fsp3) is 0.625. The first-order valence-electron chi connectivity index (χ1n) is 4.44. The highest BCUT2D eigenvalue weighted by atomic mass is 15.4. The molecule has 0 radical (unpaired) electrons. The molecule has 6 nitrogen and oxygen atoms in total. The van der Waals surface area contributed by atoms with Crippen molar-refractivity contribution in [1.82, 2.24) is 19.9 Å². The van der Waals surface area contributed by atoms with Crippen LogP contribution in [0.1, 0.15) is 12.1 Å². The zero-order valence-corrected chi connectivity index (χ0v) is 8.56. The Labute approximate surface area is 83.2 Å². The SMILES string of the molecule is CN(CCC(=N)N)Cc1cn(C)nn1. The van der Waals surface area contributed by atoms with Crippen molar-refractivity contribution < 1.29 is 0 Å². The Morgan fingerprint density at radius 3 is 2.93 bits per heavy atom. The molecule has 0 aromatic carbocycles. The van der Waals surface area contributed by atoms with Crippen LogP contribution in [0.4, 0.5) is 0 Å². The number of aromatic nitrogens is 3. The van der Waals surface area contributed by atoms with Gasteiger partial charge < -0.3 is 5.73 Å². The van der Waals surface area contributed by atoms with Crippen LogP contribution in [0, 0.1) is 5.41 Å². The molecule has 1 aromatic heterocycles. The van der Waals surface area contributed by atoms with Crippen molar-refractivity contribution >= 4 is 5.84 Å². The zero-order valence-electron chi connectivity index (χ0n) is 8.56. The number of amidine groups is 1. The number of rotatable bonds is 5. The second-order valence-electron chi connectivity index (χ2n) is 3.40. The van der Waals surface area contributed by atoms with Gasteiger partial charge in [-0.15, -0.1) is 5.10 Å². The van der Waals surface area contributed by atoms with Crippen molar-refractivity contribution in [2.75, 3.05) is 13.6 Å². The van der Waals surface area contributed by atoms with E-state index in [1.54, 1.807) is 4.68 Å². The lowest BCUT2D eigenvalue weighted by Crippen LogP contribution is -2.24. The van der Waals surface area contributed by atoms with Crippen molar-refractivity contribution in [3.8, 4) is 0 Å². The minimum absolute atomic E-state index is 0.219. The lowest BCUT2D eigenvalue weighted by Gasteiger charge is -2.13. The van der Waals surface area contributed by atoms with Gasteiger partial charge in [-0.25, -0.2) is 0 Å². The lowest BCUT2D eigenvalue weighted by atomic mass is 10.3. The van der Waals surface area contributed by atoms with E-state index >= 15 is 0 Å². The summed E-state index contributed by atoms with van der Waals surface area (Å²) in [5, 5.41) is 14.9. The van der Waals surface area contributed by atoms with E-state index in [4.69, 9.17) is 11.1 Å². The number of aryl methyl sites for hydroxylation is 1. The molecule has 1 heterocycles. The van der Waals surface area contributed by atoms with E-state index in [-0.39, 0.29) is 5.84 Å². The van der Waals surface area contributed by atoms with Gasteiger partial charge in [-0.3, -0.25) is 15.0 Å². The predicted molar refractivity (Wildman–Crippen MR) is 53.9 cm³/mol. The van der Waals surface area contributed by atoms with Gasteiger partial charge in [0.25, 0.3) is 0 Å². The first-order chi connectivity index (χ1) is 6.58. The van der Waals surface area contributed by atoms with Gasteiger partial charge in [-0.05, 0) is 7.05 Å². The van der Waals surface area contributed by atoms with Gasteiger partial charge in [0.2, 0.25) is 0 Å². The molecule has 1 aromatic rings. The van der Waals surface area contributed by atoms with Gasteiger partial charge in [-0.2, -0.15) is 0 Å². The number of hydrogen-bond acceptors (Lipinski definition) is 4. The fourth-order valence-corrected chi connectivity index (χ4v) is 1.13. The Balaban J connectivity index is 2.33. The predicted octanol–water partition coefficient (Wildman–Crippen LogP) is -0.427. The summed E-state index contributed by atoms with van der Waals surface area (Å²) in [6, 6.07) is 0. The second kappa shape index (κ2) is 4.71. The molecule has 14 heavy (non-hydrogen) atoms. The Hall–Kier alpha value is -1.43. The Bertz CT molecular complexity index is 305. The summed E-state index contributed by atoms with van der Waals surface area (Å²) in [6.07, 6.45) is 2.47. The minimum Gasteiger partial charge on any atom is -0.388 e. The summed E-state index contributed by atoms with van der Waals surface area (Å²) in [5.74, 6) is 0.219. The van der Waals surface area contributed by atoms with Crippen molar-refractivity contribution in [3.63, 3.8) is 0 Å². The number of nitrogens with zero attached hydrogens (tertiary/aromatic N) is 4. The highest BCUT2D eigenvalue weighted by Crippen LogP contribution is 1.97. The molecular weight excluding hydrogens is 180 g/mol. The van der Waals surface area contributed by atoms with Crippen LogP contribution in [0.3, 0.4) is 0 Å². The molecule has 78 valence electrons. The molecule has 0 unspecified atom stereocenters. The van der Waals surface area contributed by atoms with Crippen LogP contribution in [0.5, 0.6) is 0 Å². The van der Waals surface area contributed by atoms with Crippen molar-refractivity contribution in [2.24, 2.45) is 12.8 Å². The molecule has 0 saturated carbocycles. The van der Waals surface area contributed by atoms with Gasteiger partial charge in [0.1, 0.15) is 0 Å². The Kier molecular flexibility index (Phi) is 3.58. The third-order valence-corrected chi connectivity index (χ3v) is 1.84. The van der Waals surface area contributed by atoms with Crippen LogP contribution in [-0.2, 0) is 13.6 Å². The van der Waals surface area contributed by atoms with E-state index in [0.29, 0.717) is 6.42 Å². The van der Waals surface area contributed by atoms with Crippen LogP contribution in [0.25, 0.3) is 0 Å². The van der Waals surface area contributed by atoms with Crippen LogP contribution >= 0.6 is 0 Å². The van der Waals surface area contributed by atoms with E-state index in [1.807, 2.05) is 20.3 Å². The Morgan fingerprint density at radius 1 is 1.71 bits per heavy atom. The van der Waals surface area contributed by atoms with Crippen molar-refractivity contribution in [1.29, 1.82) is 5.41 Å². The molecule has 0 bridgehead atoms. The smallest absolute Gasteiger partial charge is 0.0966 e. The van der Waals surface area contributed by atoms with Crippen LogP contribution in [0.2, 0.25) is 0 Å². The molecule has 6 heteroatoms. The lowest BCUT2D eigenvalue weighted by molar-refractivity contribution is 0.332. The monoisotopic (exact) mass is 196 g/mol. The van der Waals surface area contributed by atoms with Crippen molar-refractivity contribution in [3.05, 3.63) is 11.9 Å². The normalized spacial score (nSPS) is 10.8.